The predicted octanol–water partition coefficient (Wildman–Crippen LogP) is 2.86. The molecule has 90 valence electrons. The molecule has 0 fully saturated rings. The van der Waals surface area contributed by atoms with Crippen LogP contribution in [0.15, 0.2) is 35.9 Å². The maximum Gasteiger partial charge on any atom is 0.370 e. The summed E-state index contributed by atoms with van der Waals surface area (Å²) < 4.78 is 4.69. The van der Waals surface area contributed by atoms with Crippen molar-refractivity contribution in [2.45, 2.75) is 6.92 Å². The van der Waals surface area contributed by atoms with E-state index in [2.05, 4.69) is 21.8 Å². The van der Waals surface area contributed by atoms with Crippen LogP contribution in [0.25, 0.3) is 6.08 Å². The zero-order valence-electron chi connectivity index (χ0n) is 9.44. The standard InChI is InChI=1S/C12H13ClN2O2/c1-3-9-7-5-6-8-10(9)14-15-11(13)12(16)17-4-2/h3,5-8,14H,1,4H2,2H3/b15-11+. The fourth-order valence-corrected chi connectivity index (χ4v) is 1.22. The van der Waals surface area contributed by atoms with Gasteiger partial charge >= 0.3 is 5.97 Å². The predicted molar refractivity (Wildman–Crippen MR) is 70.1 cm³/mol. The monoisotopic (exact) mass is 252 g/mol. The molecule has 0 amide bonds. The van der Waals surface area contributed by atoms with Crippen molar-refractivity contribution in [2.24, 2.45) is 5.10 Å². The first-order valence-electron chi connectivity index (χ1n) is 5.06. The van der Waals surface area contributed by atoms with E-state index in [1.807, 2.05) is 18.2 Å². The third-order valence-electron chi connectivity index (χ3n) is 1.90. The zero-order chi connectivity index (χ0) is 12.7. The van der Waals surface area contributed by atoms with Crippen molar-refractivity contribution in [2.75, 3.05) is 12.0 Å². The van der Waals surface area contributed by atoms with Crippen LogP contribution in [-0.2, 0) is 9.53 Å². The van der Waals surface area contributed by atoms with E-state index in [4.69, 9.17) is 11.6 Å². The minimum absolute atomic E-state index is 0.245. The fraction of sp³-hybridized carbons (Fsp3) is 0.167. The number of anilines is 1. The number of ether oxygens (including phenoxy) is 1. The second kappa shape index (κ2) is 6.70. The number of benzene rings is 1. The fourth-order valence-electron chi connectivity index (χ4n) is 1.12. The van der Waals surface area contributed by atoms with E-state index >= 15 is 0 Å². The number of carbonyl (C=O) groups excluding carboxylic acids is 1. The van der Waals surface area contributed by atoms with Crippen LogP contribution in [0, 0.1) is 0 Å². The Hall–Kier alpha value is -1.81. The van der Waals surface area contributed by atoms with Crippen LogP contribution in [0.2, 0.25) is 0 Å². The molecule has 0 spiro atoms. The van der Waals surface area contributed by atoms with E-state index in [0.717, 1.165) is 5.56 Å². The van der Waals surface area contributed by atoms with Crippen molar-refractivity contribution in [1.82, 2.24) is 0 Å². The zero-order valence-corrected chi connectivity index (χ0v) is 10.2. The van der Waals surface area contributed by atoms with Crippen molar-refractivity contribution in [3.8, 4) is 0 Å². The first-order valence-corrected chi connectivity index (χ1v) is 5.44. The lowest BCUT2D eigenvalue weighted by atomic mass is 10.2. The van der Waals surface area contributed by atoms with Gasteiger partial charge in [0.1, 0.15) is 0 Å². The molecular formula is C12H13ClN2O2. The van der Waals surface area contributed by atoms with Gasteiger partial charge in [0, 0.05) is 0 Å². The molecule has 4 nitrogen and oxygen atoms in total. The second-order valence-electron chi connectivity index (χ2n) is 3.03. The van der Waals surface area contributed by atoms with E-state index in [-0.39, 0.29) is 11.8 Å². The third kappa shape index (κ3) is 3.92. The first-order chi connectivity index (χ1) is 8.19. The molecule has 0 bridgehead atoms. The molecular weight excluding hydrogens is 240 g/mol. The molecule has 5 heteroatoms. The van der Waals surface area contributed by atoms with Crippen LogP contribution in [-0.4, -0.2) is 17.7 Å². The van der Waals surface area contributed by atoms with Gasteiger partial charge in [0.05, 0.1) is 12.3 Å². The number of rotatable bonds is 5. The number of hydrogen-bond acceptors (Lipinski definition) is 4. The lowest BCUT2D eigenvalue weighted by molar-refractivity contribution is -0.134. The normalized spacial score (nSPS) is 10.8. The Morgan fingerprint density at radius 3 is 2.94 bits per heavy atom. The molecule has 1 rings (SSSR count). The Labute approximate surface area is 105 Å². The number of hydrogen-bond donors (Lipinski definition) is 1. The number of carbonyl (C=O) groups is 1. The maximum atomic E-state index is 11.2. The lowest BCUT2D eigenvalue weighted by Gasteiger charge is -2.05. The average Bonchev–Trinajstić information content (AvgIpc) is 2.36. The maximum absolute atomic E-state index is 11.2. The van der Waals surface area contributed by atoms with Gasteiger partial charge in [-0.2, -0.15) is 5.10 Å². The van der Waals surface area contributed by atoms with E-state index < -0.39 is 5.97 Å². The highest BCUT2D eigenvalue weighted by atomic mass is 35.5. The van der Waals surface area contributed by atoms with Gasteiger partial charge in [-0.05, 0) is 18.6 Å². The Morgan fingerprint density at radius 2 is 2.29 bits per heavy atom. The van der Waals surface area contributed by atoms with Gasteiger partial charge in [-0.15, -0.1) is 0 Å². The summed E-state index contributed by atoms with van der Waals surface area (Å²) >= 11 is 5.64. The second-order valence-corrected chi connectivity index (χ2v) is 3.38. The molecule has 1 N–H and O–H groups in total. The SMILES string of the molecule is C=Cc1ccccc1N/N=C(/Cl)C(=O)OCC. The third-order valence-corrected chi connectivity index (χ3v) is 2.14. The van der Waals surface area contributed by atoms with E-state index in [0.29, 0.717) is 5.69 Å². The smallest absolute Gasteiger partial charge is 0.370 e. The van der Waals surface area contributed by atoms with Crippen LogP contribution in [0.1, 0.15) is 12.5 Å². The summed E-state index contributed by atoms with van der Waals surface area (Å²) in [7, 11) is 0. The molecule has 0 saturated carbocycles. The molecule has 0 heterocycles. The van der Waals surface area contributed by atoms with Gasteiger partial charge in [0.2, 0.25) is 5.17 Å². The Kier molecular flexibility index (Phi) is 5.23. The first kappa shape index (κ1) is 13.3. The van der Waals surface area contributed by atoms with Crippen LogP contribution < -0.4 is 5.43 Å². The Balaban J connectivity index is 2.75. The molecule has 0 atom stereocenters. The van der Waals surface area contributed by atoms with Gasteiger partial charge in [0.15, 0.2) is 0 Å². The van der Waals surface area contributed by atoms with E-state index in [1.54, 1.807) is 19.1 Å². The van der Waals surface area contributed by atoms with Crippen LogP contribution in [0.5, 0.6) is 0 Å². The summed E-state index contributed by atoms with van der Waals surface area (Å²) in [5.74, 6) is -0.655. The average molecular weight is 253 g/mol. The van der Waals surface area contributed by atoms with Crippen molar-refractivity contribution in [1.29, 1.82) is 0 Å². The molecule has 17 heavy (non-hydrogen) atoms. The van der Waals surface area contributed by atoms with Gasteiger partial charge < -0.3 is 4.74 Å². The number of hydrazone groups is 1. The summed E-state index contributed by atoms with van der Waals surface area (Å²) in [5, 5.41) is 3.49. The Morgan fingerprint density at radius 1 is 1.59 bits per heavy atom. The minimum atomic E-state index is -0.655. The summed E-state index contributed by atoms with van der Waals surface area (Å²) in [6, 6.07) is 7.38. The minimum Gasteiger partial charge on any atom is -0.461 e. The number of esters is 1. The molecule has 0 radical (unpaired) electrons. The van der Waals surface area contributed by atoms with Gasteiger partial charge in [-0.3, -0.25) is 5.43 Å². The van der Waals surface area contributed by atoms with Crippen LogP contribution >= 0.6 is 11.6 Å². The lowest BCUT2D eigenvalue weighted by Crippen LogP contribution is -2.13. The van der Waals surface area contributed by atoms with Gasteiger partial charge in [-0.1, -0.05) is 42.5 Å². The quantitative estimate of drug-likeness (QED) is 0.498. The summed E-state index contributed by atoms with van der Waals surface area (Å²) in [6.45, 7) is 5.62. The van der Waals surface area contributed by atoms with Crippen molar-refractivity contribution in [3.05, 3.63) is 36.4 Å². The molecule has 0 unspecified atom stereocenters. The topological polar surface area (TPSA) is 50.7 Å². The highest BCUT2D eigenvalue weighted by Gasteiger charge is 2.08. The molecule has 0 aliphatic rings. The number of nitrogens with one attached hydrogen (secondary N) is 1. The van der Waals surface area contributed by atoms with Gasteiger partial charge in [0.25, 0.3) is 0 Å². The summed E-state index contributed by atoms with van der Waals surface area (Å²) in [5.41, 5.74) is 4.27. The van der Waals surface area contributed by atoms with Crippen molar-refractivity contribution in [3.63, 3.8) is 0 Å². The molecule has 0 aromatic heterocycles. The molecule has 0 aliphatic heterocycles. The highest BCUT2D eigenvalue weighted by molar-refractivity contribution is 6.82. The number of para-hydroxylation sites is 1. The number of halogens is 1. The molecule has 0 saturated heterocycles. The van der Waals surface area contributed by atoms with E-state index in [1.165, 1.54) is 0 Å². The van der Waals surface area contributed by atoms with Gasteiger partial charge in [-0.25, -0.2) is 4.79 Å². The summed E-state index contributed by atoms with van der Waals surface area (Å²) in [4.78, 5) is 11.2. The largest absolute Gasteiger partial charge is 0.461 e. The van der Waals surface area contributed by atoms with Crippen molar-refractivity contribution >= 4 is 34.5 Å². The van der Waals surface area contributed by atoms with E-state index in [9.17, 15) is 4.79 Å². The van der Waals surface area contributed by atoms with Crippen LogP contribution in [0.3, 0.4) is 0 Å². The van der Waals surface area contributed by atoms with Crippen LogP contribution in [0.4, 0.5) is 5.69 Å². The molecule has 0 aliphatic carbocycles. The van der Waals surface area contributed by atoms with Crippen molar-refractivity contribution < 1.29 is 9.53 Å². The molecule has 1 aromatic carbocycles. The molecule has 1 aromatic rings. The Bertz CT molecular complexity index is 444. The number of nitrogens with zero attached hydrogens (tertiary/aromatic N) is 1. The summed E-state index contributed by atoms with van der Waals surface area (Å²) in [6.07, 6.45) is 1.68. The highest BCUT2D eigenvalue weighted by Crippen LogP contribution is 2.15.